The Kier molecular flexibility index (Phi) is 2.87. The molecule has 0 fully saturated rings. The minimum absolute atomic E-state index is 0.334. The van der Waals surface area contributed by atoms with E-state index in [0.29, 0.717) is 5.88 Å². The molecule has 1 heterocycles. The maximum atomic E-state index is 5.42. The maximum Gasteiger partial charge on any atom is 0.339 e. The predicted octanol–water partition coefficient (Wildman–Crippen LogP) is 1.11. The van der Waals surface area contributed by atoms with E-state index in [1.165, 1.54) is 0 Å². The molecule has 62 valence electrons. The Hall–Kier alpha value is -0.580. The molecule has 0 aromatic carbocycles. The molecule has 0 atom stereocenters. The van der Waals surface area contributed by atoms with Crippen molar-refractivity contribution in [2.45, 2.75) is 26.3 Å². The Morgan fingerprint density at radius 1 is 1.73 bits per heavy atom. The maximum absolute atomic E-state index is 5.42. The molecule has 1 rings (SSSR count). The molecule has 1 aromatic heterocycles. The van der Waals surface area contributed by atoms with Gasteiger partial charge < -0.3 is 5.73 Å². The number of hydrogen-bond donors (Lipinski definition) is 1. The summed E-state index contributed by atoms with van der Waals surface area (Å²) in [5, 5.41) is 3.72. The van der Waals surface area contributed by atoms with E-state index >= 15 is 0 Å². The SMILES string of the molecule is CCCC[n+]1noc(N)c1Br. The van der Waals surface area contributed by atoms with Gasteiger partial charge in [-0.1, -0.05) is 13.3 Å². The van der Waals surface area contributed by atoms with Crippen molar-refractivity contribution in [2.24, 2.45) is 0 Å². The van der Waals surface area contributed by atoms with Gasteiger partial charge in [-0.25, -0.2) is 0 Å². The van der Waals surface area contributed by atoms with Crippen molar-refractivity contribution in [2.75, 3.05) is 5.73 Å². The van der Waals surface area contributed by atoms with Crippen LogP contribution in [-0.4, -0.2) is 5.27 Å². The molecule has 0 aliphatic heterocycles. The molecule has 11 heavy (non-hydrogen) atoms. The molecule has 0 unspecified atom stereocenters. The molecule has 1 aromatic rings. The third-order valence-corrected chi connectivity index (χ3v) is 2.19. The first-order valence-corrected chi connectivity index (χ1v) is 4.35. The summed E-state index contributed by atoms with van der Waals surface area (Å²) in [6.07, 6.45) is 2.21. The van der Waals surface area contributed by atoms with Crippen LogP contribution in [0, 0.1) is 0 Å². The summed E-state index contributed by atoms with van der Waals surface area (Å²) >= 11 is 3.26. The molecule has 0 spiro atoms. The van der Waals surface area contributed by atoms with Gasteiger partial charge in [0.2, 0.25) is 5.27 Å². The van der Waals surface area contributed by atoms with Crippen LogP contribution in [0.25, 0.3) is 0 Å². The molecule has 5 heteroatoms. The van der Waals surface area contributed by atoms with E-state index in [1.54, 1.807) is 4.68 Å². The molecule has 0 saturated carbocycles. The fourth-order valence-corrected chi connectivity index (χ4v) is 1.06. The number of hydrogen-bond acceptors (Lipinski definition) is 3. The molecule has 0 amide bonds. The number of aryl methyl sites for hydroxylation is 1. The Morgan fingerprint density at radius 2 is 2.45 bits per heavy atom. The van der Waals surface area contributed by atoms with Crippen LogP contribution < -0.4 is 10.4 Å². The van der Waals surface area contributed by atoms with Crippen molar-refractivity contribution in [3.05, 3.63) is 4.60 Å². The Balaban J connectivity index is 2.63. The van der Waals surface area contributed by atoms with E-state index in [4.69, 9.17) is 10.3 Å². The van der Waals surface area contributed by atoms with Crippen molar-refractivity contribution >= 4 is 21.8 Å². The van der Waals surface area contributed by atoms with Crippen molar-refractivity contribution in [3.8, 4) is 0 Å². The smallest absolute Gasteiger partial charge is 0.339 e. The van der Waals surface area contributed by atoms with Crippen molar-refractivity contribution in [1.29, 1.82) is 0 Å². The summed E-state index contributed by atoms with van der Waals surface area (Å²) in [7, 11) is 0. The van der Waals surface area contributed by atoms with Crippen LogP contribution in [-0.2, 0) is 6.54 Å². The van der Waals surface area contributed by atoms with Crippen molar-refractivity contribution < 1.29 is 9.20 Å². The molecule has 0 bridgehead atoms. The summed E-state index contributed by atoms with van der Waals surface area (Å²) in [4.78, 5) is 0. The number of aromatic nitrogens is 2. The number of nitrogen functional groups attached to an aromatic ring is 1. The fourth-order valence-electron chi connectivity index (χ4n) is 0.741. The van der Waals surface area contributed by atoms with Crippen molar-refractivity contribution in [3.63, 3.8) is 0 Å². The van der Waals surface area contributed by atoms with Gasteiger partial charge in [0.05, 0.1) is 0 Å². The standard InChI is InChI=1S/C6H11BrN3O/c1-2-3-4-10-5(7)6(8)11-9-10/h2-4,8H2,1H3/q+1. The first-order valence-electron chi connectivity index (χ1n) is 3.56. The lowest BCUT2D eigenvalue weighted by molar-refractivity contribution is -0.771. The van der Waals surface area contributed by atoms with E-state index in [0.717, 1.165) is 24.0 Å². The van der Waals surface area contributed by atoms with E-state index in [2.05, 4.69) is 28.1 Å². The highest BCUT2D eigenvalue weighted by atomic mass is 79.9. The molecule has 0 aliphatic carbocycles. The van der Waals surface area contributed by atoms with Crippen molar-refractivity contribution in [1.82, 2.24) is 5.27 Å². The lowest BCUT2D eigenvalue weighted by Crippen LogP contribution is -2.36. The molecule has 4 nitrogen and oxygen atoms in total. The Labute approximate surface area is 73.5 Å². The van der Waals surface area contributed by atoms with Crippen LogP contribution in [0.15, 0.2) is 9.13 Å². The largest absolute Gasteiger partial charge is 0.361 e. The molecule has 0 saturated heterocycles. The summed E-state index contributed by atoms with van der Waals surface area (Å²) < 4.78 is 7.17. The average molecular weight is 221 g/mol. The Morgan fingerprint density at radius 3 is 2.91 bits per heavy atom. The van der Waals surface area contributed by atoms with Gasteiger partial charge in [-0.15, -0.1) is 0 Å². The molecular formula is C6H11BrN3O+. The quantitative estimate of drug-likeness (QED) is 0.777. The lowest BCUT2D eigenvalue weighted by Gasteiger charge is -1.85. The van der Waals surface area contributed by atoms with Gasteiger partial charge in [0.25, 0.3) is 0 Å². The van der Waals surface area contributed by atoms with Gasteiger partial charge >= 0.3 is 10.5 Å². The minimum Gasteiger partial charge on any atom is -0.361 e. The topological polar surface area (TPSA) is 55.9 Å². The number of rotatable bonds is 3. The summed E-state index contributed by atoms with van der Waals surface area (Å²) in [5.41, 5.74) is 5.42. The average Bonchev–Trinajstić information content (AvgIpc) is 2.31. The third kappa shape index (κ3) is 1.92. The van der Waals surface area contributed by atoms with Crippen LogP contribution >= 0.6 is 15.9 Å². The highest BCUT2D eigenvalue weighted by Gasteiger charge is 2.17. The monoisotopic (exact) mass is 220 g/mol. The fraction of sp³-hybridized carbons (Fsp3) is 0.667. The highest BCUT2D eigenvalue weighted by molar-refractivity contribution is 9.10. The number of halogens is 1. The van der Waals surface area contributed by atoms with E-state index < -0.39 is 0 Å². The highest BCUT2D eigenvalue weighted by Crippen LogP contribution is 2.11. The van der Waals surface area contributed by atoms with Crippen LogP contribution in [0.3, 0.4) is 0 Å². The van der Waals surface area contributed by atoms with E-state index in [-0.39, 0.29) is 0 Å². The summed E-state index contributed by atoms with van der Waals surface area (Å²) in [5.74, 6) is 0.334. The third-order valence-electron chi connectivity index (χ3n) is 1.39. The summed E-state index contributed by atoms with van der Waals surface area (Å²) in [6.45, 7) is 2.97. The second kappa shape index (κ2) is 3.71. The second-order valence-corrected chi connectivity index (χ2v) is 3.06. The number of unbranched alkanes of at least 4 members (excludes halogenated alkanes) is 1. The van der Waals surface area contributed by atoms with Gasteiger partial charge in [-0.05, 0) is 4.68 Å². The van der Waals surface area contributed by atoms with Gasteiger partial charge in [-0.3, -0.25) is 4.52 Å². The predicted molar refractivity (Wildman–Crippen MR) is 43.7 cm³/mol. The second-order valence-electron chi connectivity index (χ2n) is 2.30. The zero-order valence-electron chi connectivity index (χ0n) is 6.38. The van der Waals surface area contributed by atoms with E-state index in [1.807, 2.05) is 0 Å². The lowest BCUT2D eigenvalue weighted by atomic mass is 10.3. The van der Waals surface area contributed by atoms with Gasteiger partial charge in [-0.2, -0.15) is 0 Å². The van der Waals surface area contributed by atoms with Crippen LogP contribution in [0.2, 0.25) is 0 Å². The number of nitrogens with zero attached hydrogens (tertiary/aromatic N) is 2. The summed E-state index contributed by atoms with van der Waals surface area (Å²) in [6, 6.07) is 0. The zero-order valence-corrected chi connectivity index (χ0v) is 7.97. The Bertz CT molecular complexity index is 236. The number of nitrogens with two attached hydrogens (primary N) is 1. The molecule has 0 radical (unpaired) electrons. The van der Waals surface area contributed by atoms with Gasteiger partial charge in [0, 0.05) is 22.4 Å². The van der Waals surface area contributed by atoms with Crippen LogP contribution in [0.5, 0.6) is 0 Å². The molecule has 2 N–H and O–H groups in total. The minimum atomic E-state index is 0.334. The van der Waals surface area contributed by atoms with Crippen LogP contribution in [0.1, 0.15) is 19.8 Å². The molecule has 0 aliphatic rings. The number of anilines is 1. The molecular weight excluding hydrogens is 210 g/mol. The zero-order chi connectivity index (χ0) is 8.27. The normalized spacial score (nSPS) is 10.4. The first-order chi connectivity index (χ1) is 5.25. The first kappa shape index (κ1) is 8.52. The van der Waals surface area contributed by atoms with Crippen LogP contribution in [0.4, 0.5) is 5.88 Å². The van der Waals surface area contributed by atoms with Gasteiger partial charge in [0.1, 0.15) is 0 Å². The van der Waals surface area contributed by atoms with Gasteiger partial charge in [0.15, 0.2) is 6.54 Å². The van der Waals surface area contributed by atoms with E-state index in [9.17, 15) is 0 Å².